The van der Waals surface area contributed by atoms with Gasteiger partial charge in [-0.15, -0.1) is 0 Å². The van der Waals surface area contributed by atoms with E-state index in [-0.39, 0.29) is 0 Å². The van der Waals surface area contributed by atoms with E-state index in [1.165, 1.54) is 12.0 Å². The Hall–Kier alpha value is -1.39. The van der Waals surface area contributed by atoms with Crippen LogP contribution in [-0.4, -0.2) is 53.6 Å². The van der Waals surface area contributed by atoms with E-state index in [9.17, 15) is 4.79 Å². The Morgan fingerprint density at radius 3 is 2.57 bits per heavy atom. The summed E-state index contributed by atoms with van der Waals surface area (Å²) in [6, 6.07) is 8.66. The van der Waals surface area contributed by atoms with E-state index in [1.54, 1.807) is 6.92 Å². The summed E-state index contributed by atoms with van der Waals surface area (Å²) in [5.41, 5.74) is 2.13. The number of aliphatic carboxylic acids is 1. The highest BCUT2D eigenvalue weighted by Gasteiger charge is 2.22. The number of piperazine rings is 1. The summed E-state index contributed by atoms with van der Waals surface area (Å²) in [4.78, 5) is 15.9. The Morgan fingerprint density at radius 2 is 2.00 bits per heavy atom. The minimum atomic E-state index is -0.771. The second kappa shape index (κ2) is 7.05. The second-order valence-corrected chi connectivity index (χ2v) is 6.08. The Labute approximate surface area is 127 Å². The third-order valence-electron chi connectivity index (χ3n) is 4.59. The number of rotatable bonds is 5. The van der Waals surface area contributed by atoms with Crippen molar-refractivity contribution in [1.82, 2.24) is 9.80 Å². The molecule has 21 heavy (non-hydrogen) atoms. The van der Waals surface area contributed by atoms with Crippen molar-refractivity contribution in [3.63, 3.8) is 0 Å². The molecule has 1 aliphatic heterocycles. The molecule has 1 aromatic rings. The molecule has 0 saturated carbocycles. The highest BCUT2D eigenvalue weighted by atomic mass is 16.4. The quantitative estimate of drug-likeness (QED) is 0.904. The van der Waals surface area contributed by atoms with Gasteiger partial charge in [-0.25, -0.2) is 0 Å². The van der Waals surface area contributed by atoms with Gasteiger partial charge in [0, 0.05) is 32.2 Å². The number of carboxylic acid groups (broad SMARTS) is 1. The van der Waals surface area contributed by atoms with Gasteiger partial charge in [0.1, 0.15) is 0 Å². The molecule has 0 bridgehead atoms. The minimum Gasteiger partial charge on any atom is -0.481 e. The third-order valence-corrected chi connectivity index (χ3v) is 4.59. The van der Waals surface area contributed by atoms with E-state index >= 15 is 0 Å². The average molecular weight is 290 g/mol. The van der Waals surface area contributed by atoms with Gasteiger partial charge in [-0.1, -0.05) is 31.2 Å². The fourth-order valence-electron chi connectivity index (χ4n) is 2.91. The lowest BCUT2D eigenvalue weighted by Crippen LogP contribution is -2.50. The van der Waals surface area contributed by atoms with Crippen LogP contribution in [0.2, 0.25) is 0 Å². The first-order valence-corrected chi connectivity index (χ1v) is 7.75. The Bertz CT molecular complexity index is 472. The molecule has 0 spiro atoms. The Morgan fingerprint density at radius 1 is 1.33 bits per heavy atom. The molecule has 2 atom stereocenters. The monoisotopic (exact) mass is 290 g/mol. The Kier molecular flexibility index (Phi) is 5.37. The summed E-state index contributed by atoms with van der Waals surface area (Å²) in [6.07, 6.45) is 1.18. The van der Waals surface area contributed by atoms with Crippen molar-refractivity contribution in [3.05, 3.63) is 35.4 Å². The smallest absolute Gasteiger partial charge is 0.310 e. The zero-order chi connectivity index (χ0) is 15.4. The van der Waals surface area contributed by atoms with Crippen LogP contribution in [0, 0.1) is 0 Å². The number of carboxylic acids is 1. The minimum absolute atomic E-state index is 0.438. The number of likely N-dealkylation sites (N-methyl/N-ethyl adjacent to an activating group) is 1. The van der Waals surface area contributed by atoms with Gasteiger partial charge >= 0.3 is 5.97 Å². The van der Waals surface area contributed by atoms with E-state index < -0.39 is 11.9 Å². The fraction of sp³-hybridized carbons (Fsp3) is 0.588. The molecule has 1 heterocycles. The normalized spacial score (nSPS) is 22.1. The molecule has 0 aromatic heterocycles. The van der Waals surface area contributed by atoms with Crippen LogP contribution in [0.3, 0.4) is 0 Å². The van der Waals surface area contributed by atoms with Crippen molar-refractivity contribution >= 4 is 5.97 Å². The molecule has 1 aromatic carbocycles. The van der Waals surface area contributed by atoms with Crippen LogP contribution in [0.5, 0.6) is 0 Å². The molecule has 0 amide bonds. The molecule has 0 aliphatic carbocycles. The summed E-state index contributed by atoms with van der Waals surface area (Å²) in [6.45, 7) is 8.25. The maximum atomic E-state index is 11.0. The standard InChI is InChI=1S/C17H26N2O2/c1-4-16-12-19(10-9-18(16)3)11-14-5-7-15(8-6-14)13(2)17(20)21/h5-8,13,16H,4,9-12H2,1-3H3,(H,20,21). The maximum Gasteiger partial charge on any atom is 0.310 e. The number of benzene rings is 1. The predicted molar refractivity (Wildman–Crippen MR) is 84.5 cm³/mol. The van der Waals surface area contributed by atoms with Gasteiger partial charge in [-0.3, -0.25) is 9.69 Å². The summed E-state index contributed by atoms with van der Waals surface area (Å²) in [5, 5.41) is 9.03. The summed E-state index contributed by atoms with van der Waals surface area (Å²) in [7, 11) is 2.20. The lowest BCUT2D eigenvalue weighted by molar-refractivity contribution is -0.138. The number of hydrogen-bond acceptors (Lipinski definition) is 3. The molecule has 1 N–H and O–H groups in total. The van der Waals surface area contributed by atoms with E-state index in [1.807, 2.05) is 12.1 Å². The molecule has 4 heteroatoms. The van der Waals surface area contributed by atoms with E-state index in [0.29, 0.717) is 6.04 Å². The predicted octanol–water partition coefficient (Wildman–Crippen LogP) is 2.40. The fourth-order valence-corrected chi connectivity index (χ4v) is 2.91. The SMILES string of the molecule is CCC1CN(Cc2ccc(C(C)C(=O)O)cc2)CCN1C. The zero-order valence-electron chi connectivity index (χ0n) is 13.2. The van der Waals surface area contributed by atoms with Gasteiger partial charge in [-0.05, 0) is 31.5 Å². The van der Waals surface area contributed by atoms with Crippen LogP contribution in [0.15, 0.2) is 24.3 Å². The second-order valence-electron chi connectivity index (χ2n) is 6.08. The summed E-state index contributed by atoms with van der Waals surface area (Å²) < 4.78 is 0. The molecule has 116 valence electrons. The van der Waals surface area contributed by atoms with Gasteiger partial charge < -0.3 is 10.0 Å². The van der Waals surface area contributed by atoms with Crippen LogP contribution < -0.4 is 0 Å². The first-order valence-electron chi connectivity index (χ1n) is 7.75. The maximum absolute atomic E-state index is 11.0. The van der Waals surface area contributed by atoms with Crippen molar-refractivity contribution in [3.8, 4) is 0 Å². The van der Waals surface area contributed by atoms with Crippen LogP contribution in [0.4, 0.5) is 0 Å². The van der Waals surface area contributed by atoms with Crippen molar-refractivity contribution in [2.24, 2.45) is 0 Å². The lowest BCUT2D eigenvalue weighted by Gasteiger charge is -2.39. The van der Waals surface area contributed by atoms with Crippen molar-refractivity contribution in [2.75, 3.05) is 26.7 Å². The van der Waals surface area contributed by atoms with E-state index in [4.69, 9.17) is 5.11 Å². The largest absolute Gasteiger partial charge is 0.481 e. The summed E-state index contributed by atoms with van der Waals surface area (Å²) >= 11 is 0. The van der Waals surface area contributed by atoms with Crippen molar-refractivity contribution < 1.29 is 9.90 Å². The number of nitrogens with zero attached hydrogens (tertiary/aromatic N) is 2. The first-order chi connectivity index (χ1) is 10.0. The molecule has 1 fully saturated rings. The number of carbonyl (C=O) groups is 1. The lowest BCUT2D eigenvalue weighted by atomic mass is 10.00. The van der Waals surface area contributed by atoms with Gasteiger partial charge in [0.05, 0.1) is 5.92 Å². The summed E-state index contributed by atoms with van der Waals surface area (Å²) in [5.74, 6) is -1.21. The topological polar surface area (TPSA) is 43.8 Å². The van der Waals surface area contributed by atoms with E-state index in [0.717, 1.165) is 31.7 Å². The molecular weight excluding hydrogens is 264 g/mol. The van der Waals surface area contributed by atoms with Gasteiger partial charge in [0.2, 0.25) is 0 Å². The molecule has 1 aliphatic rings. The van der Waals surface area contributed by atoms with Crippen molar-refractivity contribution in [1.29, 1.82) is 0 Å². The van der Waals surface area contributed by atoms with E-state index in [2.05, 4.69) is 35.9 Å². The zero-order valence-corrected chi connectivity index (χ0v) is 13.2. The molecule has 4 nitrogen and oxygen atoms in total. The van der Waals surface area contributed by atoms with Crippen molar-refractivity contribution in [2.45, 2.75) is 38.8 Å². The van der Waals surface area contributed by atoms with Crippen LogP contribution >= 0.6 is 0 Å². The van der Waals surface area contributed by atoms with Crippen LogP contribution in [0.25, 0.3) is 0 Å². The van der Waals surface area contributed by atoms with Gasteiger partial charge in [0.15, 0.2) is 0 Å². The molecule has 0 radical (unpaired) electrons. The molecular formula is C17H26N2O2. The average Bonchev–Trinajstić information content (AvgIpc) is 2.49. The Balaban J connectivity index is 1.96. The van der Waals surface area contributed by atoms with Gasteiger partial charge in [-0.2, -0.15) is 0 Å². The van der Waals surface area contributed by atoms with Gasteiger partial charge in [0.25, 0.3) is 0 Å². The third kappa shape index (κ3) is 4.05. The molecule has 2 unspecified atom stereocenters. The highest BCUT2D eigenvalue weighted by Crippen LogP contribution is 2.18. The first kappa shape index (κ1) is 16.0. The van der Waals surface area contributed by atoms with Crippen LogP contribution in [0.1, 0.15) is 37.3 Å². The molecule has 1 saturated heterocycles. The van der Waals surface area contributed by atoms with Crippen LogP contribution in [-0.2, 0) is 11.3 Å². The number of hydrogen-bond donors (Lipinski definition) is 1. The molecule has 2 rings (SSSR count). The highest BCUT2D eigenvalue weighted by molar-refractivity contribution is 5.75.